The van der Waals surface area contributed by atoms with Crippen molar-refractivity contribution in [1.82, 2.24) is 0 Å². The summed E-state index contributed by atoms with van der Waals surface area (Å²) in [5.41, 5.74) is 3.48. The molecule has 66 valence electrons. The Bertz CT molecular complexity index is 298. The smallest absolute Gasteiger partial charge is 0.266 e. The molecule has 0 saturated carbocycles. The van der Waals surface area contributed by atoms with E-state index < -0.39 is 29.3 Å². The van der Waals surface area contributed by atoms with E-state index in [9.17, 15) is 17.6 Å². The van der Waals surface area contributed by atoms with Crippen molar-refractivity contribution in [2.75, 3.05) is 5.73 Å². The predicted molar refractivity (Wildman–Crippen MR) is 35.7 cm³/mol. The lowest BCUT2D eigenvalue weighted by molar-refractivity contribution is 0.145. The van der Waals surface area contributed by atoms with Crippen LogP contribution in [0.1, 0.15) is 12.0 Å². The van der Waals surface area contributed by atoms with Crippen LogP contribution in [0.15, 0.2) is 12.1 Å². The molecule has 0 atom stereocenters. The van der Waals surface area contributed by atoms with Crippen LogP contribution in [-0.2, 0) is 0 Å². The second-order valence-corrected chi connectivity index (χ2v) is 2.17. The van der Waals surface area contributed by atoms with Crippen LogP contribution in [0.25, 0.3) is 0 Å². The summed E-state index contributed by atoms with van der Waals surface area (Å²) in [6.45, 7) is 0. The minimum atomic E-state index is -3.03. The summed E-state index contributed by atoms with van der Waals surface area (Å²) in [7, 11) is 0. The van der Waals surface area contributed by atoms with Gasteiger partial charge in [0.15, 0.2) is 11.6 Å². The molecule has 5 heteroatoms. The first-order chi connectivity index (χ1) is 5.54. The Kier molecular flexibility index (Phi) is 2.21. The maximum atomic E-state index is 12.6. The summed E-state index contributed by atoms with van der Waals surface area (Å²) in [4.78, 5) is 0. The Balaban J connectivity index is 3.27. The normalized spacial score (nSPS) is 10.8. The summed E-state index contributed by atoms with van der Waals surface area (Å²) in [5.74, 6) is -3.00. The van der Waals surface area contributed by atoms with E-state index >= 15 is 0 Å². The number of benzene rings is 1. The van der Waals surface area contributed by atoms with Crippen molar-refractivity contribution in [3.8, 4) is 0 Å². The van der Waals surface area contributed by atoms with Crippen molar-refractivity contribution in [2.45, 2.75) is 6.43 Å². The van der Waals surface area contributed by atoms with Crippen molar-refractivity contribution in [3.63, 3.8) is 0 Å². The number of nitrogen functional groups attached to an aromatic ring is 1. The van der Waals surface area contributed by atoms with Gasteiger partial charge in [-0.2, -0.15) is 0 Å². The molecule has 0 unspecified atom stereocenters. The van der Waals surface area contributed by atoms with Crippen LogP contribution in [0.3, 0.4) is 0 Å². The highest BCUT2D eigenvalue weighted by Crippen LogP contribution is 2.25. The topological polar surface area (TPSA) is 26.0 Å². The maximum Gasteiger partial charge on any atom is 0.266 e. The number of alkyl halides is 2. The predicted octanol–water partition coefficient (Wildman–Crippen LogP) is 2.48. The molecule has 0 aliphatic rings. The molecule has 0 aliphatic carbocycles. The number of halogens is 4. The average molecular weight is 179 g/mol. The van der Waals surface area contributed by atoms with E-state index in [1.165, 1.54) is 0 Å². The van der Waals surface area contributed by atoms with E-state index in [0.717, 1.165) is 12.1 Å². The Hall–Kier alpha value is -1.26. The van der Waals surface area contributed by atoms with Crippen molar-refractivity contribution < 1.29 is 17.6 Å². The van der Waals surface area contributed by atoms with Crippen LogP contribution in [0.4, 0.5) is 23.2 Å². The first-order valence-corrected chi connectivity index (χ1v) is 3.05. The molecule has 0 aromatic heterocycles. The SMILES string of the molecule is Nc1ccc(C(F)F)c(F)c1F. The second kappa shape index (κ2) is 3.00. The van der Waals surface area contributed by atoms with Crippen LogP contribution < -0.4 is 5.73 Å². The van der Waals surface area contributed by atoms with Gasteiger partial charge in [-0.3, -0.25) is 0 Å². The summed E-state index contributed by atoms with van der Waals surface area (Å²) >= 11 is 0. The van der Waals surface area contributed by atoms with Gasteiger partial charge in [-0.05, 0) is 12.1 Å². The lowest BCUT2D eigenvalue weighted by atomic mass is 10.2. The summed E-state index contributed by atoms with van der Waals surface area (Å²) in [5, 5.41) is 0. The fourth-order valence-corrected chi connectivity index (χ4v) is 0.748. The van der Waals surface area contributed by atoms with Crippen LogP contribution in [0.5, 0.6) is 0 Å². The fourth-order valence-electron chi connectivity index (χ4n) is 0.748. The molecule has 0 aliphatic heterocycles. The highest BCUT2D eigenvalue weighted by atomic mass is 19.3. The standard InChI is InChI=1S/C7H5F4N/c8-5-3(7(10)11)1-2-4(12)6(5)9/h1-2,7H,12H2. The molecular weight excluding hydrogens is 174 g/mol. The average Bonchev–Trinajstić information content (AvgIpc) is 2.00. The van der Waals surface area contributed by atoms with Gasteiger partial charge in [0, 0.05) is 0 Å². The Morgan fingerprint density at radius 3 is 2.17 bits per heavy atom. The van der Waals surface area contributed by atoms with Gasteiger partial charge in [-0.15, -0.1) is 0 Å². The number of hydrogen-bond acceptors (Lipinski definition) is 1. The molecule has 0 radical (unpaired) electrons. The van der Waals surface area contributed by atoms with Gasteiger partial charge >= 0.3 is 0 Å². The Morgan fingerprint density at radius 1 is 1.08 bits per heavy atom. The van der Waals surface area contributed by atoms with Crippen molar-refractivity contribution >= 4 is 5.69 Å². The minimum Gasteiger partial charge on any atom is -0.396 e. The van der Waals surface area contributed by atoms with Gasteiger partial charge in [-0.1, -0.05) is 0 Å². The van der Waals surface area contributed by atoms with E-state index in [-0.39, 0.29) is 0 Å². The van der Waals surface area contributed by atoms with Crippen LogP contribution in [0.2, 0.25) is 0 Å². The zero-order valence-electron chi connectivity index (χ0n) is 5.82. The van der Waals surface area contributed by atoms with Crippen LogP contribution >= 0.6 is 0 Å². The molecule has 1 aromatic carbocycles. The zero-order valence-corrected chi connectivity index (χ0v) is 5.82. The second-order valence-electron chi connectivity index (χ2n) is 2.17. The van der Waals surface area contributed by atoms with Gasteiger partial charge in [-0.25, -0.2) is 17.6 Å². The monoisotopic (exact) mass is 179 g/mol. The van der Waals surface area contributed by atoms with Crippen molar-refractivity contribution in [2.24, 2.45) is 0 Å². The number of nitrogens with two attached hydrogens (primary N) is 1. The van der Waals surface area contributed by atoms with Gasteiger partial charge in [0.2, 0.25) is 0 Å². The Morgan fingerprint density at radius 2 is 1.67 bits per heavy atom. The lowest BCUT2D eigenvalue weighted by Crippen LogP contribution is -1.99. The van der Waals surface area contributed by atoms with Crippen molar-refractivity contribution in [1.29, 1.82) is 0 Å². The molecule has 0 amide bonds. The summed E-state index contributed by atoms with van der Waals surface area (Å²) in [6, 6.07) is 1.66. The van der Waals surface area contributed by atoms with Crippen LogP contribution in [0, 0.1) is 11.6 Å². The van der Waals surface area contributed by atoms with E-state index in [0.29, 0.717) is 0 Å². The Labute approximate surface area is 65.8 Å². The van der Waals surface area contributed by atoms with Crippen LogP contribution in [-0.4, -0.2) is 0 Å². The molecule has 1 aromatic rings. The number of rotatable bonds is 1. The molecule has 0 bridgehead atoms. The van der Waals surface area contributed by atoms with Crippen molar-refractivity contribution in [3.05, 3.63) is 29.3 Å². The van der Waals surface area contributed by atoms with E-state index in [1.54, 1.807) is 0 Å². The molecule has 0 spiro atoms. The largest absolute Gasteiger partial charge is 0.396 e. The summed E-state index contributed by atoms with van der Waals surface area (Å²) < 4.78 is 48.9. The minimum absolute atomic E-state index is 0.475. The third-order valence-electron chi connectivity index (χ3n) is 1.38. The highest BCUT2D eigenvalue weighted by Gasteiger charge is 2.18. The lowest BCUT2D eigenvalue weighted by Gasteiger charge is -2.03. The molecule has 0 fully saturated rings. The molecule has 0 heterocycles. The molecule has 1 rings (SSSR count). The van der Waals surface area contributed by atoms with E-state index in [4.69, 9.17) is 5.73 Å². The third kappa shape index (κ3) is 1.34. The molecule has 2 N–H and O–H groups in total. The first-order valence-electron chi connectivity index (χ1n) is 3.05. The molecule has 12 heavy (non-hydrogen) atoms. The zero-order chi connectivity index (χ0) is 9.30. The van der Waals surface area contributed by atoms with Gasteiger partial charge in [0.05, 0.1) is 11.3 Å². The summed E-state index contributed by atoms with van der Waals surface area (Å²) in [6.07, 6.45) is -3.03. The quantitative estimate of drug-likeness (QED) is 0.520. The van der Waals surface area contributed by atoms with Gasteiger partial charge in [0.25, 0.3) is 6.43 Å². The molecule has 0 saturated heterocycles. The fraction of sp³-hybridized carbons (Fsp3) is 0.143. The highest BCUT2D eigenvalue weighted by molar-refractivity contribution is 5.42. The van der Waals surface area contributed by atoms with E-state index in [1.807, 2.05) is 0 Å². The molecule has 1 nitrogen and oxygen atoms in total. The van der Waals surface area contributed by atoms with E-state index in [2.05, 4.69) is 0 Å². The van der Waals surface area contributed by atoms with Gasteiger partial charge < -0.3 is 5.73 Å². The van der Waals surface area contributed by atoms with Gasteiger partial charge in [0.1, 0.15) is 0 Å². The molecular formula is C7H5F4N. The number of anilines is 1. The number of hydrogen-bond donors (Lipinski definition) is 1. The third-order valence-corrected chi connectivity index (χ3v) is 1.38. The first kappa shape index (κ1) is 8.83. The maximum absolute atomic E-state index is 12.6.